The lowest BCUT2D eigenvalue weighted by Crippen LogP contribution is -2.00. The molecule has 0 saturated heterocycles. The van der Waals surface area contributed by atoms with Gasteiger partial charge in [-0.3, -0.25) is 4.57 Å². The predicted molar refractivity (Wildman–Crippen MR) is 85.1 cm³/mol. The summed E-state index contributed by atoms with van der Waals surface area (Å²) >= 11 is 12.1. The molecule has 0 unspecified atom stereocenters. The zero-order chi connectivity index (χ0) is 14.3. The van der Waals surface area contributed by atoms with E-state index in [1.807, 2.05) is 18.2 Å². The molecule has 3 rings (SSSR count). The number of hydrogen-bond acceptors (Lipinski definition) is 1. The molecule has 0 aliphatic carbocycles. The lowest BCUT2D eigenvalue weighted by atomic mass is 10.1. The Hall–Kier alpha value is -1.51. The lowest BCUT2D eigenvalue weighted by Gasteiger charge is -2.10. The Balaban J connectivity index is 2.30. The third-order valence-electron chi connectivity index (χ3n) is 3.55. The molecular formula is C16H14Cl2N2. The Morgan fingerprint density at radius 2 is 1.85 bits per heavy atom. The molecule has 2 nitrogen and oxygen atoms in total. The molecule has 0 atom stereocenters. The third kappa shape index (κ3) is 2.19. The molecular weight excluding hydrogens is 291 g/mol. The fourth-order valence-electron chi connectivity index (χ4n) is 2.35. The minimum atomic E-state index is 0.360. The van der Waals surface area contributed by atoms with Crippen molar-refractivity contribution in [1.82, 2.24) is 9.55 Å². The summed E-state index contributed by atoms with van der Waals surface area (Å²) in [7, 11) is 0. The van der Waals surface area contributed by atoms with Crippen LogP contribution in [0.2, 0.25) is 5.02 Å². The topological polar surface area (TPSA) is 17.8 Å². The van der Waals surface area contributed by atoms with E-state index in [0.717, 1.165) is 22.5 Å². The van der Waals surface area contributed by atoms with Gasteiger partial charge in [0.25, 0.3) is 0 Å². The molecule has 4 heteroatoms. The highest BCUT2D eigenvalue weighted by molar-refractivity contribution is 6.31. The van der Waals surface area contributed by atoms with E-state index in [4.69, 9.17) is 23.2 Å². The van der Waals surface area contributed by atoms with Gasteiger partial charge in [-0.1, -0.05) is 17.7 Å². The maximum absolute atomic E-state index is 6.05. The molecule has 0 fully saturated rings. The van der Waals surface area contributed by atoms with E-state index >= 15 is 0 Å². The van der Waals surface area contributed by atoms with E-state index in [1.165, 1.54) is 11.1 Å². The van der Waals surface area contributed by atoms with Gasteiger partial charge < -0.3 is 0 Å². The van der Waals surface area contributed by atoms with Crippen LogP contribution in [0.1, 0.15) is 17.0 Å². The van der Waals surface area contributed by atoms with Crippen LogP contribution in [0.15, 0.2) is 36.4 Å². The lowest BCUT2D eigenvalue weighted by molar-refractivity contribution is 0.978. The van der Waals surface area contributed by atoms with Gasteiger partial charge in [-0.2, -0.15) is 0 Å². The number of alkyl halides is 1. The molecule has 102 valence electrons. The number of nitrogens with zero attached hydrogens (tertiary/aromatic N) is 2. The van der Waals surface area contributed by atoms with Gasteiger partial charge in [0.05, 0.1) is 16.9 Å². The largest absolute Gasteiger partial charge is 0.295 e. The van der Waals surface area contributed by atoms with Crippen molar-refractivity contribution in [2.75, 3.05) is 0 Å². The number of imidazole rings is 1. The molecule has 0 aliphatic rings. The van der Waals surface area contributed by atoms with Gasteiger partial charge in [-0.25, -0.2) is 4.98 Å². The molecule has 20 heavy (non-hydrogen) atoms. The maximum Gasteiger partial charge on any atom is 0.129 e. The van der Waals surface area contributed by atoms with Crippen molar-refractivity contribution in [3.8, 4) is 5.69 Å². The minimum absolute atomic E-state index is 0.360. The SMILES string of the molecule is Cc1ccc(-n2c(CCl)nc3cc(Cl)ccc32)cc1C. The second kappa shape index (κ2) is 5.12. The van der Waals surface area contributed by atoms with E-state index in [1.54, 1.807) is 0 Å². The Morgan fingerprint density at radius 1 is 1.05 bits per heavy atom. The van der Waals surface area contributed by atoms with E-state index in [-0.39, 0.29) is 0 Å². The summed E-state index contributed by atoms with van der Waals surface area (Å²) in [6.45, 7) is 4.21. The third-order valence-corrected chi connectivity index (χ3v) is 4.03. The molecule has 0 spiro atoms. The smallest absolute Gasteiger partial charge is 0.129 e. The second-order valence-corrected chi connectivity index (χ2v) is 5.60. The number of hydrogen-bond donors (Lipinski definition) is 0. The first-order valence-electron chi connectivity index (χ1n) is 6.40. The van der Waals surface area contributed by atoms with Crippen LogP contribution < -0.4 is 0 Å². The van der Waals surface area contributed by atoms with Gasteiger partial charge in [0.2, 0.25) is 0 Å². The minimum Gasteiger partial charge on any atom is -0.295 e. The summed E-state index contributed by atoms with van der Waals surface area (Å²) in [6.07, 6.45) is 0. The standard InChI is InChI=1S/C16H14Cl2N2/c1-10-3-5-13(7-11(10)2)20-15-6-4-12(18)8-14(15)19-16(20)9-17/h3-8H,9H2,1-2H3. The van der Waals surface area contributed by atoms with E-state index < -0.39 is 0 Å². The fourth-order valence-corrected chi connectivity index (χ4v) is 2.69. The van der Waals surface area contributed by atoms with Crippen molar-refractivity contribution in [3.63, 3.8) is 0 Å². The Labute approximate surface area is 128 Å². The van der Waals surface area contributed by atoms with E-state index in [9.17, 15) is 0 Å². The Kier molecular flexibility index (Phi) is 3.45. The van der Waals surface area contributed by atoms with Gasteiger partial charge in [-0.15, -0.1) is 11.6 Å². The van der Waals surface area contributed by atoms with Crippen molar-refractivity contribution >= 4 is 34.2 Å². The van der Waals surface area contributed by atoms with Crippen molar-refractivity contribution in [3.05, 3.63) is 58.4 Å². The van der Waals surface area contributed by atoms with Gasteiger partial charge in [0.15, 0.2) is 0 Å². The van der Waals surface area contributed by atoms with Crippen LogP contribution in [-0.4, -0.2) is 9.55 Å². The van der Waals surface area contributed by atoms with E-state index in [0.29, 0.717) is 10.9 Å². The quantitative estimate of drug-likeness (QED) is 0.607. The van der Waals surface area contributed by atoms with Gasteiger partial charge in [0, 0.05) is 10.7 Å². The summed E-state index contributed by atoms with van der Waals surface area (Å²) in [5.41, 5.74) is 5.49. The first kappa shape index (κ1) is 13.5. The molecule has 0 amide bonds. The number of benzene rings is 2. The molecule has 0 radical (unpaired) electrons. The predicted octanol–water partition coefficient (Wildman–Crippen LogP) is 5.03. The summed E-state index contributed by atoms with van der Waals surface area (Å²) in [5, 5.41) is 0.684. The second-order valence-electron chi connectivity index (χ2n) is 4.90. The van der Waals surface area contributed by atoms with Crippen LogP contribution in [0, 0.1) is 13.8 Å². The maximum atomic E-state index is 6.05. The summed E-state index contributed by atoms with van der Waals surface area (Å²) in [5.74, 6) is 1.19. The highest BCUT2D eigenvalue weighted by Crippen LogP contribution is 2.26. The van der Waals surface area contributed by atoms with Crippen LogP contribution in [0.25, 0.3) is 16.7 Å². The first-order chi connectivity index (χ1) is 9.60. The Morgan fingerprint density at radius 3 is 2.55 bits per heavy atom. The molecule has 0 aliphatic heterocycles. The monoisotopic (exact) mass is 304 g/mol. The van der Waals surface area contributed by atoms with Crippen LogP contribution >= 0.6 is 23.2 Å². The number of halogens is 2. The molecule has 3 aromatic rings. The van der Waals surface area contributed by atoms with Crippen LogP contribution in [0.3, 0.4) is 0 Å². The molecule has 0 bridgehead atoms. The number of fused-ring (bicyclic) bond motifs is 1. The summed E-state index contributed by atoms with van der Waals surface area (Å²) < 4.78 is 2.09. The van der Waals surface area contributed by atoms with Crippen LogP contribution in [0.4, 0.5) is 0 Å². The van der Waals surface area contributed by atoms with Crippen LogP contribution in [0.5, 0.6) is 0 Å². The van der Waals surface area contributed by atoms with Gasteiger partial charge >= 0.3 is 0 Å². The van der Waals surface area contributed by atoms with E-state index in [2.05, 4.69) is 41.6 Å². The molecule has 0 N–H and O–H groups in total. The van der Waals surface area contributed by atoms with Crippen LogP contribution in [-0.2, 0) is 5.88 Å². The highest BCUT2D eigenvalue weighted by Gasteiger charge is 2.12. The number of aromatic nitrogens is 2. The molecule has 1 aromatic heterocycles. The zero-order valence-electron chi connectivity index (χ0n) is 11.3. The zero-order valence-corrected chi connectivity index (χ0v) is 12.8. The number of rotatable bonds is 2. The van der Waals surface area contributed by atoms with Crippen molar-refractivity contribution in [1.29, 1.82) is 0 Å². The van der Waals surface area contributed by atoms with Gasteiger partial charge in [0.1, 0.15) is 5.82 Å². The van der Waals surface area contributed by atoms with Crippen molar-refractivity contribution in [2.24, 2.45) is 0 Å². The Bertz CT molecular complexity index is 791. The summed E-state index contributed by atoms with van der Waals surface area (Å²) in [6, 6.07) is 12.1. The molecule has 0 saturated carbocycles. The average Bonchev–Trinajstić information content (AvgIpc) is 2.79. The average molecular weight is 305 g/mol. The normalized spacial score (nSPS) is 11.2. The molecule has 2 aromatic carbocycles. The van der Waals surface area contributed by atoms with Gasteiger partial charge in [-0.05, 0) is 55.3 Å². The summed E-state index contributed by atoms with van der Waals surface area (Å²) in [4.78, 5) is 4.57. The first-order valence-corrected chi connectivity index (χ1v) is 7.32. The van der Waals surface area contributed by atoms with Crippen molar-refractivity contribution in [2.45, 2.75) is 19.7 Å². The van der Waals surface area contributed by atoms with Crippen molar-refractivity contribution < 1.29 is 0 Å². The highest BCUT2D eigenvalue weighted by atomic mass is 35.5. The number of aryl methyl sites for hydroxylation is 2. The fraction of sp³-hybridized carbons (Fsp3) is 0.188. The molecule has 1 heterocycles.